The first-order valence-corrected chi connectivity index (χ1v) is 10.4. The van der Waals surface area contributed by atoms with Crippen LogP contribution >= 0.6 is 0 Å². The van der Waals surface area contributed by atoms with E-state index in [1.54, 1.807) is 0 Å². The SMILES string of the molecule is CC[C@H]1CC[C@H]2[C@@H]3CCC4CC(=O)C(C)C[C@]4(C)[C@H]3CC[C@]12C. The van der Waals surface area contributed by atoms with E-state index in [9.17, 15) is 4.79 Å². The minimum absolute atomic E-state index is 0.315. The molecule has 130 valence electrons. The Balaban J connectivity index is 1.63. The molecule has 1 nitrogen and oxygen atoms in total. The van der Waals surface area contributed by atoms with E-state index in [-0.39, 0.29) is 0 Å². The van der Waals surface area contributed by atoms with Gasteiger partial charge in [-0.2, -0.15) is 0 Å². The lowest BCUT2D eigenvalue weighted by atomic mass is 9.44. The number of carbonyl (C=O) groups excluding carboxylic acids is 1. The quantitative estimate of drug-likeness (QED) is 0.591. The summed E-state index contributed by atoms with van der Waals surface area (Å²) in [6.45, 7) is 9.82. The number of hydrogen-bond acceptors (Lipinski definition) is 1. The molecule has 0 aromatic heterocycles. The average molecular weight is 317 g/mol. The molecule has 0 bridgehead atoms. The summed E-state index contributed by atoms with van der Waals surface area (Å²) in [5.41, 5.74) is 1.09. The van der Waals surface area contributed by atoms with E-state index in [0.29, 0.717) is 28.4 Å². The highest BCUT2D eigenvalue weighted by atomic mass is 16.1. The largest absolute Gasteiger partial charge is 0.299 e. The second kappa shape index (κ2) is 5.33. The molecule has 0 saturated heterocycles. The third kappa shape index (κ3) is 2.13. The molecular formula is C22H36O. The van der Waals surface area contributed by atoms with Crippen LogP contribution in [0.4, 0.5) is 0 Å². The fourth-order valence-corrected chi connectivity index (χ4v) is 8.19. The van der Waals surface area contributed by atoms with Crippen LogP contribution in [0.3, 0.4) is 0 Å². The van der Waals surface area contributed by atoms with Crippen molar-refractivity contribution in [3.63, 3.8) is 0 Å². The number of fused-ring (bicyclic) bond motifs is 5. The zero-order valence-corrected chi connectivity index (χ0v) is 15.7. The predicted molar refractivity (Wildman–Crippen MR) is 95.1 cm³/mol. The Morgan fingerprint density at radius 3 is 2.48 bits per heavy atom. The van der Waals surface area contributed by atoms with Crippen LogP contribution in [0.2, 0.25) is 0 Å². The van der Waals surface area contributed by atoms with Gasteiger partial charge in [-0.15, -0.1) is 0 Å². The number of rotatable bonds is 1. The zero-order chi connectivity index (χ0) is 16.4. The van der Waals surface area contributed by atoms with Gasteiger partial charge in [-0.25, -0.2) is 0 Å². The highest BCUT2D eigenvalue weighted by Crippen LogP contribution is 2.67. The molecule has 8 atom stereocenters. The first-order valence-electron chi connectivity index (χ1n) is 10.4. The molecule has 4 fully saturated rings. The van der Waals surface area contributed by atoms with E-state index in [4.69, 9.17) is 0 Å². The molecule has 1 heteroatoms. The summed E-state index contributed by atoms with van der Waals surface area (Å²) in [7, 11) is 0. The van der Waals surface area contributed by atoms with Crippen molar-refractivity contribution in [3.8, 4) is 0 Å². The zero-order valence-electron chi connectivity index (χ0n) is 15.7. The third-order valence-corrected chi connectivity index (χ3v) is 9.50. The van der Waals surface area contributed by atoms with Crippen LogP contribution in [-0.2, 0) is 4.79 Å². The lowest BCUT2D eigenvalue weighted by Crippen LogP contribution is -2.54. The normalized spacial score (nSPS) is 55.9. The molecule has 4 rings (SSSR count). The minimum atomic E-state index is 0.315. The molecule has 23 heavy (non-hydrogen) atoms. The Labute approximate surface area is 143 Å². The van der Waals surface area contributed by atoms with Crippen LogP contribution in [0.5, 0.6) is 0 Å². The second-order valence-electron chi connectivity index (χ2n) is 10.2. The Bertz CT molecular complexity index is 496. The monoisotopic (exact) mass is 316 g/mol. The van der Waals surface area contributed by atoms with Crippen LogP contribution in [0.15, 0.2) is 0 Å². The van der Waals surface area contributed by atoms with Crippen LogP contribution in [0, 0.1) is 46.3 Å². The van der Waals surface area contributed by atoms with Crippen molar-refractivity contribution in [2.75, 3.05) is 0 Å². The molecule has 4 aliphatic rings. The maximum absolute atomic E-state index is 12.3. The molecule has 0 amide bonds. The van der Waals surface area contributed by atoms with Gasteiger partial charge in [-0.3, -0.25) is 4.79 Å². The summed E-state index contributed by atoms with van der Waals surface area (Å²) in [5.74, 6) is 5.40. The van der Waals surface area contributed by atoms with Crippen molar-refractivity contribution in [1.29, 1.82) is 0 Å². The third-order valence-electron chi connectivity index (χ3n) is 9.50. The fraction of sp³-hybridized carbons (Fsp3) is 0.955. The van der Waals surface area contributed by atoms with Gasteiger partial charge in [0.1, 0.15) is 5.78 Å². The number of carbonyl (C=O) groups is 1. The van der Waals surface area contributed by atoms with E-state index >= 15 is 0 Å². The van der Waals surface area contributed by atoms with Gasteiger partial charge in [0.2, 0.25) is 0 Å². The fourth-order valence-electron chi connectivity index (χ4n) is 8.19. The first-order chi connectivity index (χ1) is 10.9. The summed E-state index contributed by atoms with van der Waals surface area (Å²) in [5, 5.41) is 0. The topological polar surface area (TPSA) is 17.1 Å². The first kappa shape index (κ1) is 16.2. The van der Waals surface area contributed by atoms with Gasteiger partial charge in [-0.05, 0) is 85.4 Å². The van der Waals surface area contributed by atoms with Gasteiger partial charge < -0.3 is 0 Å². The van der Waals surface area contributed by atoms with Crippen molar-refractivity contribution >= 4 is 5.78 Å². The van der Waals surface area contributed by atoms with E-state index in [1.807, 2.05) is 0 Å². The molecule has 0 aromatic carbocycles. The standard InChI is InChI=1S/C22H36O/c1-5-15-7-9-18-17-8-6-16-12-20(23)14(2)13-22(16,4)19(17)10-11-21(15,18)3/h14-19H,5-13H2,1-4H3/t14?,15-,16?,17-,18-,19-,21+,22-/m0/s1. The Morgan fingerprint density at radius 2 is 1.74 bits per heavy atom. The van der Waals surface area contributed by atoms with Crippen LogP contribution < -0.4 is 0 Å². The molecule has 0 aliphatic heterocycles. The lowest BCUT2D eigenvalue weighted by Gasteiger charge is -2.61. The van der Waals surface area contributed by atoms with Gasteiger partial charge in [0.05, 0.1) is 0 Å². The highest BCUT2D eigenvalue weighted by Gasteiger charge is 2.60. The van der Waals surface area contributed by atoms with Gasteiger partial charge in [0.15, 0.2) is 0 Å². The minimum Gasteiger partial charge on any atom is -0.299 e. The number of hydrogen-bond donors (Lipinski definition) is 0. The van der Waals surface area contributed by atoms with Crippen molar-refractivity contribution in [2.24, 2.45) is 46.3 Å². The van der Waals surface area contributed by atoms with Crippen LogP contribution in [0.1, 0.15) is 85.5 Å². The van der Waals surface area contributed by atoms with E-state index in [0.717, 1.165) is 30.1 Å². The Kier molecular flexibility index (Phi) is 3.75. The second-order valence-corrected chi connectivity index (χ2v) is 10.2. The van der Waals surface area contributed by atoms with E-state index < -0.39 is 0 Å². The summed E-state index contributed by atoms with van der Waals surface area (Å²) in [6, 6.07) is 0. The number of ketones is 1. The van der Waals surface area contributed by atoms with E-state index in [1.165, 1.54) is 51.4 Å². The molecular weight excluding hydrogens is 280 g/mol. The molecule has 0 spiro atoms. The average Bonchev–Trinajstić information content (AvgIpc) is 2.85. The van der Waals surface area contributed by atoms with Crippen molar-refractivity contribution in [1.82, 2.24) is 0 Å². The smallest absolute Gasteiger partial charge is 0.136 e. The van der Waals surface area contributed by atoms with Gasteiger partial charge in [0.25, 0.3) is 0 Å². The molecule has 2 unspecified atom stereocenters. The maximum Gasteiger partial charge on any atom is 0.136 e. The predicted octanol–water partition coefficient (Wildman–Crippen LogP) is 5.87. The maximum atomic E-state index is 12.3. The highest BCUT2D eigenvalue weighted by molar-refractivity contribution is 5.82. The van der Waals surface area contributed by atoms with Gasteiger partial charge in [0, 0.05) is 12.3 Å². The molecule has 0 aromatic rings. The lowest BCUT2D eigenvalue weighted by molar-refractivity contribution is -0.146. The summed E-state index contributed by atoms with van der Waals surface area (Å²) < 4.78 is 0. The van der Waals surface area contributed by atoms with Gasteiger partial charge >= 0.3 is 0 Å². The van der Waals surface area contributed by atoms with Crippen molar-refractivity contribution in [3.05, 3.63) is 0 Å². The van der Waals surface area contributed by atoms with Crippen molar-refractivity contribution in [2.45, 2.75) is 85.5 Å². The van der Waals surface area contributed by atoms with Gasteiger partial charge in [-0.1, -0.05) is 34.1 Å². The number of Topliss-reactive ketones (excluding diaryl/α,β-unsaturated/α-hetero) is 1. The molecule has 0 radical (unpaired) electrons. The summed E-state index contributed by atoms with van der Waals surface area (Å²) in [4.78, 5) is 12.3. The van der Waals surface area contributed by atoms with Crippen LogP contribution in [-0.4, -0.2) is 5.78 Å². The Morgan fingerprint density at radius 1 is 1.00 bits per heavy atom. The van der Waals surface area contributed by atoms with Crippen molar-refractivity contribution < 1.29 is 4.79 Å². The van der Waals surface area contributed by atoms with E-state index in [2.05, 4.69) is 27.7 Å². The Hall–Kier alpha value is -0.330. The molecule has 0 N–H and O–H groups in total. The van der Waals surface area contributed by atoms with Crippen LogP contribution in [0.25, 0.3) is 0 Å². The molecule has 4 saturated carbocycles. The summed E-state index contributed by atoms with van der Waals surface area (Å²) in [6.07, 6.45) is 12.1. The molecule has 0 heterocycles. The molecule has 4 aliphatic carbocycles. The summed E-state index contributed by atoms with van der Waals surface area (Å²) >= 11 is 0.